The maximum Gasteiger partial charge on any atom is 0.0639 e. The van der Waals surface area contributed by atoms with Crippen molar-refractivity contribution >= 4 is 0 Å². The van der Waals surface area contributed by atoms with Crippen LogP contribution in [0.25, 0.3) is 0 Å². The lowest BCUT2D eigenvalue weighted by atomic mass is 9.91. The summed E-state index contributed by atoms with van der Waals surface area (Å²) in [6.45, 7) is 8.44. The first-order valence-corrected chi connectivity index (χ1v) is 5.55. The molecule has 0 bridgehead atoms. The summed E-state index contributed by atoms with van der Waals surface area (Å²) in [5.74, 6) is 0.856. The summed E-state index contributed by atoms with van der Waals surface area (Å²) >= 11 is 0. The van der Waals surface area contributed by atoms with Gasteiger partial charge in [-0.2, -0.15) is 0 Å². The first kappa shape index (κ1) is 11.0. The van der Waals surface area contributed by atoms with Crippen LogP contribution >= 0.6 is 0 Å². The maximum atomic E-state index is 9.34. The Labute approximate surface area is 81.9 Å². The average Bonchev–Trinajstić information content (AvgIpc) is 2.08. The number of nitrogens with zero attached hydrogens (tertiary/aromatic N) is 1. The van der Waals surface area contributed by atoms with Gasteiger partial charge in [0.05, 0.1) is 6.10 Å². The van der Waals surface area contributed by atoms with Crippen molar-refractivity contribution in [2.24, 2.45) is 5.92 Å². The van der Waals surface area contributed by atoms with Gasteiger partial charge in [0.2, 0.25) is 0 Å². The number of hydrogen-bond donors (Lipinski definition) is 1. The number of hydrogen-bond acceptors (Lipinski definition) is 2. The molecule has 1 aliphatic rings. The Bertz CT molecular complexity index is 147. The van der Waals surface area contributed by atoms with E-state index in [4.69, 9.17) is 0 Å². The molecular formula is C11H23NO. The summed E-state index contributed by atoms with van der Waals surface area (Å²) in [5, 5.41) is 9.34. The van der Waals surface area contributed by atoms with Crippen LogP contribution in [0.3, 0.4) is 0 Å². The Morgan fingerprint density at radius 3 is 2.69 bits per heavy atom. The number of aliphatic hydroxyl groups excluding tert-OH is 1. The molecule has 1 saturated heterocycles. The fourth-order valence-electron chi connectivity index (χ4n) is 2.19. The maximum absolute atomic E-state index is 9.34. The monoisotopic (exact) mass is 185 g/mol. The summed E-state index contributed by atoms with van der Waals surface area (Å²) < 4.78 is 0. The summed E-state index contributed by atoms with van der Waals surface area (Å²) in [7, 11) is 0. The van der Waals surface area contributed by atoms with Gasteiger partial charge in [-0.15, -0.1) is 0 Å². The predicted octanol–water partition coefficient (Wildman–Crippen LogP) is 1.88. The van der Waals surface area contributed by atoms with E-state index in [2.05, 4.69) is 18.7 Å². The molecule has 0 aliphatic carbocycles. The summed E-state index contributed by atoms with van der Waals surface area (Å²) in [6.07, 6.45) is 3.76. The molecule has 1 N–H and O–H groups in total. The Kier molecular flexibility index (Phi) is 4.20. The molecule has 0 spiro atoms. The van der Waals surface area contributed by atoms with E-state index >= 15 is 0 Å². The predicted molar refractivity (Wildman–Crippen MR) is 55.7 cm³/mol. The third-order valence-corrected chi connectivity index (χ3v) is 3.18. The molecule has 1 fully saturated rings. The number of β-amino-alcohol motifs (C(OH)–C–C–N with tert-alkyl or cyclic N) is 1. The second kappa shape index (κ2) is 4.97. The van der Waals surface area contributed by atoms with Crippen molar-refractivity contribution in [2.45, 2.75) is 52.2 Å². The lowest BCUT2D eigenvalue weighted by Crippen LogP contribution is -2.44. The minimum Gasteiger partial charge on any atom is -0.392 e. The summed E-state index contributed by atoms with van der Waals surface area (Å²) in [6, 6.07) is 0.664. The molecule has 1 rings (SSSR count). The van der Waals surface area contributed by atoms with Gasteiger partial charge in [-0.25, -0.2) is 0 Å². The van der Waals surface area contributed by atoms with Crippen molar-refractivity contribution in [3.8, 4) is 0 Å². The molecule has 0 radical (unpaired) electrons. The topological polar surface area (TPSA) is 23.5 Å². The van der Waals surface area contributed by atoms with Gasteiger partial charge >= 0.3 is 0 Å². The van der Waals surface area contributed by atoms with E-state index in [1.54, 1.807) is 0 Å². The van der Waals surface area contributed by atoms with E-state index < -0.39 is 0 Å². The van der Waals surface area contributed by atoms with Crippen molar-refractivity contribution in [1.82, 2.24) is 4.90 Å². The highest BCUT2D eigenvalue weighted by molar-refractivity contribution is 4.79. The minimum absolute atomic E-state index is 0.182. The molecule has 0 aromatic carbocycles. The van der Waals surface area contributed by atoms with Gasteiger partial charge in [0.25, 0.3) is 0 Å². The van der Waals surface area contributed by atoms with Crippen LogP contribution in [-0.4, -0.2) is 35.2 Å². The molecule has 1 aliphatic heterocycles. The van der Waals surface area contributed by atoms with Gasteiger partial charge in [0.15, 0.2) is 0 Å². The molecule has 78 valence electrons. The van der Waals surface area contributed by atoms with Crippen molar-refractivity contribution in [1.29, 1.82) is 0 Å². The molecule has 0 aromatic heterocycles. The average molecular weight is 185 g/mol. The molecule has 0 amide bonds. The number of rotatable bonds is 3. The third-order valence-electron chi connectivity index (χ3n) is 3.18. The Hall–Kier alpha value is -0.0800. The highest BCUT2D eigenvalue weighted by Crippen LogP contribution is 2.23. The van der Waals surface area contributed by atoms with E-state index in [0.29, 0.717) is 6.04 Å². The zero-order valence-corrected chi connectivity index (χ0v) is 9.16. The van der Waals surface area contributed by atoms with Crippen LogP contribution in [0, 0.1) is 5.92 Å². The van der Waals surface area contributed by atoms with E-state index in [9.17, 15) is 5.11 Å². The zero-order valence-electron chi connectivity index (χ0n) is 9.16. The van der Waals surface area contributed by atoms with Gasteiger partial charge in [-0.1, -0.05) is 13.3 Å². The fourth-order valence-corrected chi connectivity index (χ4v) is 2.19. The molecule has 13 heavy (non-hydrogen) atoms. The number of likely N-dealkylation sites (tertiary alicyclic amines) is 1. The van der Waals surface area contributed by atoms with Gasteiger partial charge in [-0.05, 0) is 32.6 Å². The smallest absolute Gasteiger partial charge is 0.0639 e. The van der Waals surface area contributed by atoms with E-state index in [0.717, 1.165) is 12.5 Å². The number of piperidine rings is 1. The van der Waals surface area contributed by atoms with Crippen molar-refractivity contribution < 1.29 is 5.11 Å². The van der Waals surface area contributed by atoms with Gasteiger partial charge in [-0.3, -0.25) is 4.90 Å². The summed E-state index contributed by atoms with van der Waals surface area (Å²) in [5.41, 5.74) is 0. The fraction of sp³-hybridized carbons (Fsp3) is 1.00. The molecule has 0 saturated carbocycles. The van der Waals surface area contributed by atoms with Crippen LogP contribution in [-0.2, 0) is 0 Å². The Morgan fingerprint density at radius 1 is 1.46 bits per heavy atom. The van der Waals surface area contributed by atoms with Gasteiger partial charge in [0, 0.05) is 19.1 Å². The highest BCUT2D eigenvalue weighted by atomic mass is 16.3. The third kappa shape index (κ3) is 3.28. The van der Waals surface area contributed by atoms with Crippen LogP contribution in [0.5, 0.6) is 0 Å². The second-order valence-electron chi connectivity index (χ2n) is 4.50. The number of aliphatic hydroxyl groups is 1. The quantitative estimate of drug-likeness (QED) is 0.725. The molecule has 3 atom stereocenters. The molecule has 2 nitrogen and oxygen atoms in total. The van der Waals surface area contributed by atoms with Crippen LogP contribution in [0.2, 0.25) is 0 Å². The van der Waals surface area contributed by atoms with Crippen LogP contribution in [0.15, 0.2) is 0 Å². The molecule has 1 heterocycles. The standard InChI is InChI=1S/C11H23NO/c1-4-11-6-5-9(2)12(8-11)7-10(3)13/h9-11,13H,4-8H2,1-3H3/t9-,10-,11+/m0/s1. The molecule has 2 heteroatoms. The zero-order chi connectivity index (χ0) is 9.84. The molecular weight excluding hydrogens is 162 g/mol. The SMILES string of the molecule is CC[C@@H]1CC[C@H](C)N(C[C@H](C)O)C1. The lowest BCUT2D eigenvalue weighted by Gasteiger charge is -2.38. The largest absolute Gasteiger partial charge is 0.392 e. The lowest BCUT2D eigenvalue weighted by molar-refractivity contribution is 0.0606. The van der Waals surface area contributed by atoms with Gasteiger partial charge in [0.1, 0.15) is 0 Å². The van der Waals surface area contributed by atoms with Crippen molar-refractivity contribution in [2.75, 3.05) is 13.1 Å². The van der Waals surface area contributed by atoms with Crippen LogP contribution < -0.4 is 0 Å². The normalized spacial score (nSPS) is 33.2. The Balaban J connectivity index is 2.40. The van der Waals surface area contributed by atoms with Crippen molar-refractivity contribution in [3.05, 3.63) is 0 Å². The van der Waals surface area contributed by atoms with E-state index in [1.807, 2.05) is 6.92 Å². The second-order valence-corrected chi connectivity index (χ2v) is 4.50. The van der Waals surface area contributed by atoms with E-state index in [-0.39, 0.29) is 6.10 Å². The molecule has 0 aromatic rings. The molecule has 0 unspecified atom stereocenters. The van der Waals surface area contributed by atoms with E-state index in [1.165, 1.54) is 25.8 Å². The summed E-state index contributed by atoms with van der Waals surface area (Å²) in [4.78, 5) is 2.43. The van der Waals surface area contributed by atoms with Crippen LogP contribution in [0.1, 0.15) is 40.0 Å². The Morgan fingerprint density at radius 2 is 2.15 bits per heavy atom. The first-order chi connectivity index (χ1) is 6.13. The van der Waals surface area contributed by atoms with Crippen LogP contribution in [0.4, 0.5) is 0 Å². The minimum atomic E-state index is -0.182. The first-order valence-electron chi connectivity index (χ1n) is 5.55. The highest BCUT2D eigenvalue weighted by Gasteiger charge is 2.24. The van der Waals surface area contributed by atoms with Gasteiger partial charge < -0.3 is 5.11 Å². The van der Waals surface area contributed by atoms with Crippen molar-refractivity contribution in [3.63, 3.8) is 0 Å².